The van der Waals surface area contributed by atoms with Crippen LogP contribution in [0.4, 0.5) is 10.1 Å². The minimum atomic E-state index is -0.828. The molecule has 1 aliphatic rings. The zero-order valence-electron chi connectivity index (χ0n) is 15.5. The molecule has 0 saturated carbocycles. The van der Waals surface area contributed by atoms with Crippen molar-refractivity contribution in [3.05, 3.63) is 58.9 Å². The summed E-state index contributed by atoms with van der Waals surface area (Å²) in [5, 5.41) is 2.53. The molecule has 146 valence electrons. The molecule has 2 aromatic carbocycles. The summed E-state index contributed by atoms with van der Waals surface area (Å²) in [7, 11) is 0. The third kappa shape index (κ3) is 4.46. The fraction of sp³-hybridized carbons (Fsp3) is 0.250. The predicted molar refractivity (Wildman–Crippen MR) is 100 cm³/mol. The Morgan fingerprint density at radius 1 is 1.14 bits per heavy atom. The summed E-state index contributed by atoms with van der Waals surface area (Å²) in [5.74, 6) is -2.32. The Morgan fingerprint density at radius 3 is 2.68 bits per heavy atom. The summed E-state index contributed by atoms with van der Waals surface area (Å²) in [6.07, 6.45) is -0.0977. The van der Waals surface area contributed by atoms with Gasteiger partial charge in [-0.15, -0.1) is 0 Å². The van der Waals surface area contributed by atoms with Crippen molar-refractivity contribution in [3.63, 3.8) is 0 Å². The molecular weight excluding hydrogens is 365 g/mol. The van der Waals surface area contributed by atoms with Crippen LogP contribution in [-0.2, 0) is 14.4 Å². The van der Waals surface area contributed by atoms with Gasteiger partial charge in [-0.2, -0.15) is 0 Å². The number of ether oxygens (including phenoxy) is 1. The fourth-order valence-electron chi connectivity index (χ4n) is 2.88. The van der Waals surface area contributed by atoms with Crippen LogP contribution < -0.4 is 20.9 Å². The van der Waals surface area contributed by atoms with Gasteiger partial charge in [0.2, 0.25) is 11.8 Å². The first-order chi connectivity index (χ1) is 13.3. The number of amides is 3. The second-order valence-electron chi connectivity index (χ2n) is 6.61. The summed E-state index contributed by atoms with van der Waals surface area (Å²) in [6, 6.07) is 9.27. The van der Waals surface area contributed by atoms with Crippen LogP contribution >= 0.6 is 0 Å². The number of fused-ring (bicyclic) bond motifs is 1. The third-order valence-corrected chi connectivity index (χ3v) is 4.54. The van der Waals surface area contributed by atoms with E-state index in [1.807, 2.05) is 26.0 Å². The Bertz CT molecular complexity index is 945. The second kappa shape index (κ2) is 8.08. The normalized spacial score (nSPS) is 15.2. The smallest absolute Gasteiger partial charge is 0.276 e. The summed E-state index contributed by atoms with van der Waals surface area (Å²) in [5.41, 5.74) is 7.44. The van der Waals surface area contributed by atoms with Crippen molar-refractivity contribution in [2.24, 2.45) is 0 Å². The zero-order valence-corrected chi connectivity index (χ0v) is 15.5. The van der Waals surface area contributed by atoms with Gasteiger partial charge in [0.1, 0.15) is 11.6 Å². The molecule has 1 atom stereocenters. The van der Waals surface area contributed by atoms with Gasteiger partial charge >= 0.3 is 0 Å². The van der Waals surface area contributed by atoms with Crippen molar-refractivity contribution in [3.8, 4) is 5.75 Å². The van der Waals surface area contributed by atoms with E-state index < -0.39 is 29.5 Å². The van der Waals surface area contributed by atoms with Crippen molar-refractivity contribution in [2.45, 2.75) is 26.2 Å². The first-order valence-electron chi connectivity index (χ1n) is 8.71. The molecule has 7 nitrogen and oxygen atoms in total. The largest absolute Gasteiger partial charge is 0.484 e. The summed E-state index contributed by atoms with van der Waals surface area (Å²) in [6.45, 7) is 3.63. The molecule has 3 rings (SSSR count). The lowest BCUT2D eigenvalue weighted by Gasteiger charge is -2.24. The molecule has 1 aliphatic heterocycles. The average molecular weight is 385 g/mol. The Balaban J connectivity index is 1.56. The lowest BCUT2D eigenvalue weighted by atomic mass is 9.90. The Hall–Kier alpha value is -3.42. The van der Waals surface area contributed by atoms with E-state index in [4.69, 9.17) is 4.74 Å². The van der Waals surface area contributed by atoms with Gasteiger partial charge in [-0.25, -0.2) is 4.39 Å². The molecular formula is C20H20FN3O4. The van der Waals surface area contributed by atoms with Crippen molar-refractivity contribution in [2.75, 3.05) is 11.9 Å². The highest BCUT2D eigenvalue weighted by molar-refractivity contribution is 6.01. The van der Waals surface area contributed by atoms with Gasteiger partial charge in [-0.1, -0.05) is 12.1 Å². The zero-order chi connectivity index (χ0) is 20.3. The molecule has 0 aromatic heterocycles. The Kier molecular flexibility index (Phi) is 5.58. The van der Waals surface area contributed by atoms with Gasteiger partial charge in [-0.05, 0) is 54.8 Å². The van der Waals surface area contributed by atoms with Crippen molar-refractivity contribution < 1.29 is 23.5 Å². The number of rotatable bonds is 4. The summed E-state index contributed by atoms with van der Waals surface area (Å²) in [4.78, 5) is 36.1. The van der Waals surface area contributed by atoms with Crippen LogP contribution in [0.1, 0.15) is 29.0 Å². The van der Waals surface area contributed by atoms with Crippen LogP contribution in [0, 0.1) is 19.7 Å². The number of nitrogens with one attached hydrogen (secondary N) is 3. The van der Waals surface area contributed by atoms with E-state index in [0.29, 0.717) is 11.3 Å². The monoisotopic (exact) mass is 385 g/mol. The second-order valence-corrected chi connectivity index (χ2v) is 6.61. The first kappa shape index (κ1) is 19.3. The number of hydrazine groups is 1. The van der Waals surface area contributed by atoms with Crippen molar-refractivity contribution in [1.29, 1.82) is 0 Å². The van der Waals surface area contributed by atoms with Crippen LogP contribution in [0.3, 0.4) is 0 Å². The molecule has 0 aliphatic carbocycles. The number of halogens is 1. The molecule has 28 heavy (non-hydrogen) atoms. The molecule has 0 spiro atoms. The number of carbonyl (C=O) groups is 3. The van der Waals surface area contributed by atoms with Crippen molar-refractivity contribution >= 4 is 23.4 Å². The summed E-state index contributed by atoms with van der Waals surface area (Å²) < 4.78 is 18.8. The van der Waals surface area contributed by atoms with Gasteiger partial charge in [0.15, 0.2) is 6.61 Å². The van der Waals surface area contributed by atoms with E-state index in [0.717, 1.165) is 17.2 Å². The lowest BCUT2D eigenvalue weighted by Crippen LogP contribution is -2.47. The maximum Gasteiger partial charge on any atom is 0.276 e. The number of aryl methyl sites for hydroxylation is 2. The molecule has 8 heteroatoms. The van der Waals surface area contributed by atoms with Gasteiger partial charge < -0.3 is 10.1 Å². The molecule has 0 radical (unpaired) electrons. The van der Waals surface area contributed by atoms with Crippen LogP contribution in [-0.4, -0.2) is 24.3 Å². The van der Waals surface area contributed by atoms with Crippen LogP contribution in [0.5, 0.6) is 5.75 Å². The van der Waals surface area contributed by atoms with E-state index in [1.165, 1.54) is 12.1 Å². The minimum absolute atomic E-state index is 0.0977. The topological polar surface area (TPSA) is 96.5 Å². The van der Waals surface area contributed by atoms with E-state index >= 15 is 0 Å². The predicted octanol–water partition coefficient (Wildman–Crippen LogP) is 2.09. The van der Waals surface area contributed by atoms with Crippen molar-refractivity contribution in [1.82, 2.24) is 10.9 Å². The standard InChI is InChI=1S/C20H20FN3O4/c1-11-3-5-14(7-12(11)2)28-10-19(26)23-24-20(27)16-9-18(25)22-17-8-13(21)4-6-15(16)17/h3-8,16H,9-10H2,1-2H3,(H,22,25)(H,23,26)(H,24,27). The molecule has 1 unspecified atom stereocenters. The maximum atomic E-state index is 13.4. The average Bonchev–Trinajstić information content (AvgIpc) is 2.66. The number of hydrogen-bond donors (Lipinski definition) is 3. The van der Waals surface area contributed by atoms with E-state index in [2.05, 4.69) is 16.2 Å². The molecule has 1 heterocycles. The van der Waals surface area contributed by atoms with Gasteiger partial charge in [0.05, 0.1) is 5.92 Å². The number of benzene rings is 2. The van der Waals surface area contributed by atoms with Crippen LogP contribution in [0.2, 0.25) is 0 Å². The molecule has 2 aromatic rings. The first-order valence-corrected chi connectivity index (χ1v) is 8.71. The molecule has 3 N–H and O–H groups in total. The minimum Gasteiger partial charge on any atom is -0.484 e. The van der Waals surface area contributed by atoms with Crippen LogP contribution in [0.25, 0.3) is 0 Å². The molecule has 3 amide bonds. The van der Waals surface area contributed by atoms with E-state index in [9.17, 15) is 18.8 Å². The highest BCUT2D eigenvalue weighted by atomic mass is 19.1. The number of carbonyl (C=O) groups excluding carboxylic acids is 3. The maximum absolute atomic E-state index is 13.4. The quantitative estimate of drug-likeness (QED) is 0.702. The summed E-state index contributed by atoms with van der Waals surface area (Å²) >= 11 is 0. The third-order valence-electron chi connectivity index (χ3n) is 4.54. The lowest BCUT2D eigenvalue weighted by molar-refractivity contribution is -0.131. The van der Waals surface area contributed by atoms with Crippen LogP contribution in [0.15, 0.2) is 36.4 Å². The highest BCUT2D eigenvalue weighted by Crippen LogP contribution is 2.32. The van der Waals surface area contributed by atoms with E-state index in [1.54, 1.807) is 6.07 Å². The fourth-order valence-corrected chi connectivity index (χ4v) is 2.88. The number of hydrogen-bond acceptors (Lipinski definition) is 4. The van der Waals surface area contributed by atoms with Gasteiger partial charge in [0.25, 0.3) is 5.91 Å². The highest BCUT2D eigenvalue weighted by Gasteiger charge is 2.31. The molecule has 0 bridgehead atoms. The Morgan fingerprint density at radius 2 is 1.93 bits per heavy atom. The molecule has 0 saturated heterocycles. The molecule has 0 fully saturated rings. The Labute approximate surface area is 161 Å². The van der Waals surface area contributed by atoms with E-state index in [-0.39, 0.29) is 18.7 Å². The number of anilines is 1. The van der Waals surface area contributed by atoms with Gasteiger partial charge in [-0.3, -0.25) is 25.2 Å². The SMILES string of the molecule is Cc1ccc(OCC(=O)NNC(=O)C2CC(=O)Nc3cc(F)ccc32)cc1C. The van der Waals surface area contributed by atoms with Gasteiger partial charge in [0, 0.05) is 12.1 Å².